The lowest BCUT2D eigenvalue weighted by Gasteiger charge is -2.21. The van der Waals surface area contributed by atoms with E-state index >= 15 is 0 Å². The fourth-order valence-corrected chi connectivity index (χ4v) is 3.45. The van der Waals surface area contributed by atoms with Crippen LogP contribution in [0.25, 0.3) is 22.2 Å². The van der Waals surface area contributed by atoms with Crippen molar-refractivity contribution < 1.29 is 9.84 Å². The summed E-state index contributed by atoms with van der Waals surface area (Å²) in [4.78, 5) is 8.55. The van der Waals surface area contributed by atoms with Gasteiger partial charge in [-0.3, -0.25) is 0 Å². The lowest BCUT2D eigenvalue weighted by Crippen LogP contribution is -2.21. The lowest BCUT2D eigenvalue weighted by atomic mass is 10.0. The zero-order chi connectivity index (χ0) is 20.8. The molecule has 0 amide bonds. The van der Waals surface area contributed by atoms with E-state index in [1.54, 1.807) is 42.5 Å². The second-order valence-electron chi connectivity index (χ2n) is 7.78. The molecule has 0 radical (unpaired) electrons. The van der Waals surface area contributed by atoms with Gasteiger partial charge < -0.3 is 20.1 Å². The summed E-state index contributed by atoms with van der Waals surface area (Å²) in [5.74, 6) is 1.52. The highest BCUT2D eigenvalue weighted by molar-refractivity contribution is 6.30. The summed E-state index contributed by atoms with van der Waals surface area (Å²) in [6, 6.07) is 12.2. The van der Waals surface area contributed by atoms with Crippen LogP contribution >= 0.6 is 11.6 Å². The maximum atomic E-state index is 10.7. The summed E-state index contributed by atoms with van der Waals surface area (Å²) in [7, 11) is 0. The highest BCUT2D eigenvalue weighted by atomic mass is 35.5. The number of halogens is 1. The molecule has 2 aromatic carbocycles. The van der Waals surface area contributed by atoms with Gasteiger partial charge in [-0.25, -0.2) is 9.97 Å². The molecule has 6 nitrogen and oxygen atoms in total. The smallest absolute Gasteiger partial charge is 0.146 e. The molecule has 0 fully saturated rings. The summed E-state index contributed by atoms with van der Waals surface area (Å²) in [5.41, 5.74) is 8.05. The Hall–Kier alpha value is -3.25. The van der Waals surface area contributed by atoms with Crippen molar-refractivity contribution in [3.05, 3.63) is 60.0 Å². The molecule has 4 aromatic rings. The van der Waals surface area contributed by atoms with Crippen molar-refractivity contribution in [1.82, 2.24) is 14.5 Å². The van der Waals surface area contributed by atoms with Gasteiger partial charge in [0, 0.05) is 34.0 Å². The number of rotatable bonds is 3. The molecule has 148 valence electrons. The molecule has 7 heteroatoms. The molecule has 0 aliphatic rings. The number of aromatic hydroxyl groups is 1. The molecule has 0 saturated heterocycles. The number of benzene rings is 2. The number of anilines is 1. The molecule has 2 heterocycles. The second kappa shape index (κ2) is 6.97. The molecule has 0 unspecified atom stereocenters. The molecule has 4 rings (SSSR count). The van der Waals surface area contributed by atoms with Gasteiger partial charge in [0.05, 0.1) is 5.39 Å². The van der Waals surface area contributed by atoms with Gasteiger partial charge >= 0.3 is 0 Å². The van der Waals surface area contributed by atoms with E-state index < -0.39 is 0 Å². The topological polar surface area (TPSA) is 86.2 Å². The zero-order valence-electron chi connectivity index (χ0n) is 16.3. The number of hydrogen-bond donors (Lipinski definition) is 2. The van der Waals surface area contributed by atoms with Gasteiger partial charge in [0.2, 0.25) is 0 Å². The van der Waals surface area contributed by atoms with Crippen LogP contribution in [0.1, 0.15) is 20.8 Å². The van der Waals surface area contributed by atoms with Crippen molar-refractivity contribution in [3.8, 4) is 28.4 Å². The molecule has 0 aliphatic heterocycles. The minimum atomic E-state index is -0.220. The number of nitrogens with two attached hydrogens (primary N) is 1. The van der Waals surface area contributed by atoms with E-state index in [9.17, 15) is 5.11 Å². The molecule has 0 atom stereocenters. The largest absolute Gasteiger partial charge is 0.507 e. The van der Waals surface area contributed by atoms with E-state index in [-0.39, 0.29) is 11.3 Å². The first-order valence-electron chi connectivity index (χ1n) is 9.13. The fourth-order valence-electron chi connectivity index (χ4n) is 3.27. The summed E-state index contributed by atoms with van der Waals surface area (Å²) >= 11 is 6.00. The molecule has 3 N–H and O–H groups in total. The maximum absolute atomic E-state index is 10.7. The number of phenolic OH excluding ortho intramolecular Hbond substituents is 1. The number of phenols is 1. The van der Waals surface area contributed by atoms with Crippen LogP contribution in [-0.2, 0) is 5.54 Å². The van der Waals surface area contributed by atoms with Gasteiger partial charge in [0.25, 0.3) is 0 Å². The highest BCUT2D eigenvalue weighted by Crippen LogP contribution is 2.41. The SMILES string of the molecule is CC(C)(C)n1cc(-c2ccc(Oc3cccc(Cl)c3)cc2O)c2c(N)ncnc21. The van der Waals surface area contributed by atoms with Gasteiger partial charge in [-0.1, -0.05) is 17.7 Å². The molecule has 0 saturated carbocycles. The molecular formula is C22H21ClN4O2. The van der Waals surface area contributed by atoms with E-state index in [1.807, 2.05) is 10.8 Å². The Bertz CT molecular complexity index is 1210. The van der Waals surface area contributed by atoms with Crippen molar-refractivity contribution in [2.45, 2.75) is 26.3 Å². The van der Waals surface area contributed by atoms with Crippen LogP contribution in [0, 0.1) is 0 Å². The van der Waals surface area contributed by atoms with Gasteiger partial charge in [-0.05, 0) is 51.1 Å². The third kappa shape index (κ3) is 3.59. The van der Waals surface area contributed by atoms with Gasteiger partial charge in [0.15, 0.2) is 0 Å². The van der Waals surface area contributed by atoms with E-state index in [4.69, 9.17) is 22.1 Å². The van der Waals surface area contributed by atoms with E-state index in [1.165, 1.54) is 6.33 Å². The standard InChI is InChI=1S/C22H21ClN4O2/c1-22(2,3)27-11-17(19-20(24)25-12-26-21(19)27)16-8-7-15(10-18(16)28)29-14-6-4-5-13(23)9-14/h4-12,28H,1-3H3,(H2,24,25,26). The van der Waals surface area contributed by atoms with E-state index in [2.05, 4.69) is 30.7 Å². The molecular weight excluding hydrogens is 388 g/mol. The van der Waals surface area contributed by atoms with Crippen LogP contribution in [0.5, 0.6) is 17.2 Å². The lowest BCUT2D eigenvalue weighted by molar-refractivity contribution is 0.408. The summed E-state index contributed by atoms with van der Waals surface area (Å²) in [6.45, 7) is 6.24. The number of fused-ring (bicyclic) bond motifs is 1. The summed E-state index contributed by atoms with van der Waals surface area (Å²) in [6.07, 6.45) is 3.40. The number of aromatic nitrogens is 3. The minimum absolute atomic E-state index is 0.0701. The Labute approximate surface area is 173 Å². The van der Waals surface area contributed by atoms with Crippen molar-refractivity contribution in [3.63, 3.8) is 0 Å². The van der Waals surface area contributed by atoms with E-state index in [0.29, 0.717) is 33.3 Å². The predicted octanol–water partition coefficient (Wildman–Crippen LogP) is 5.59. The van der Waals surface area contributed by atoms with Crippen molar-refractivity contribution in [1.29, 1.82) is 0 Å². The van der Waals surface area contributed by atoms with Crippen LogP contribution < -0.4 is 10.5 Å². The third-order valence-electron chi connectivity index (χ3n) is 4.63. The quantitative estimate of drug-likeness (QED) is 0.461. The van der Waals surface area contributed by atoms with Crippen LogP contribution in [0.15, 0.2) is 55.0 Å². The van der Waals surface area contributed by atoms with E-state index in [0.717, 1.165) is 11.2 Å². The van der Waals surface area contributed by atoms with Crippen molar-refractivity contribution in [2.24, 2.45) is 0 Å². The molecule has 0 aliphatic carbocycles. The minimum Gasteiger partial charge on any atom is -0.507 e. The average Bonchev–Trinajstić information content (AvgIpc) is 3.03. The number of hydrogen-bond acceptors (Lipinski definition) is 5. The Kier molecular flexibility index (Phi) is 4.59. The molecule has 0 spiro atoms. The predicted molar refractivity (Wildman–Crippen MR) is 116 cm³/mol. The average molecular weight is 409 g/mol. The maximum Gasteiger partial charge on any atom is 0.146 e. The first kappa shape index (κ1) is 19.1. The Morgan fingerprint density at radius 1 is 1.03 bits per heavy atom. The normalized spacial score (nSPS) is 11.7. The van der Waals surface area contributed by atoms with Gasteiger partial charge in [0.1, 0.15) is 35.0 Å². The first-order chi connectivity index (χ1) is 13.7. The van der Waals surface area contributed by atoms with Gasteiger partial charge in [-0.15, -0.1) is 0 Å². The monoisotopic (exact) mass is 408 g/mol. The Morgan fingerprint density at radius 2 is 1.79 bits per heavy atom. The van der Waals surface area contributed by atoms with Crippen LogP contribution in [0.4, 0.5) is 5.82 Å². The second-order valence-corrected chi connectivity index (χ2v) is 8.22. The number of nitrogen functional groups attached to an aromatic ring is 1. The van der Waals surface area contributed by atoms with Crippen LogP contribution in [-0.4, -0.2) is 19.6 Å². The molecule has 29 heavy (non-hydrogen) atoms. The van der Waals surface area contributed by atoms with Crippen molar-refractivity contribution >= 4 is 28.5 Å². The summed E-state index contributed by atoms with van der Waals surface area (Å²) < 4.78 is 7.84. The fraction of sp³-hybridized carbons (Fsp3) is 0.182. The molecule has 0 bridgehead atoms. The Morgan fingerprint density at radius 3 is 2.48 bits per heavy atom. The first-order valence-corrected chi connectivity index (χ1v) is 9.50. The zero-order valence-corrected chi connectivity index (χ0v) is 17.1. The number of ether oxygens (including phenoxy) is 1. The highest BCUT2D eigenvalue weighted by Gasteiger charge is 2.23. The number of nitrogens with zero attached hydrogens (tertiary/aromatic N) is 3. The van der Waals surface area contributed by atoms with Crippen LogP contribution in [0.3, 0.4) is 0 Å². The van der Waals surface area contributed by atoms with Gasteiger partial charge in [-0.2, -0.15) is 0 Å². The molecule has 2 aromatic heterocycles. The van der Waals surface area contributed by atoms with Crippen LogP contribution in [0.2, 0.25) is 5.02 Å². The third-order valence-corrected chi connectivity index (χ3v) is 4.86. The summed E-state index contributed by atoms with van der Waals surface area (Å²) in [5, 5.41) is 12.0. The van der Waals surface area contributed by atoms with Crippen molar-refractivity contribution in [2.75, 3.05) is 5.73 Å². The Balaban J connectivity index is 1.80.